The summed E-state index contributed by atoms with van der Waals surface area (Å²) in [4.78, 5) is 16.5. The molecule has 3 N–H and O–H groups in total. The molecule has 0 aliphatic heterocycles. The molecule has 0 bridgehead atoms. The second kappa shape index (κ2) is 13.6. The molecule has 0 heterocycles. The van der Waals surface area contributed by atoms with E-state index in [0.717, 1.165) is 30.2 Å². The lowest BCUT2D eigenvalue weighted by Crippen LogP contribution is -2.43. The van der Waals surface area contributed by atoms with Crippen molar-refractivity contribution in [3.05, 3.63) is 29.3 Å². The summed E-state index contributed by atoms with van der Waals surface area (Å²) in [6.45, 7) is 15.1. The predicted octanol–water partition coefficient (Wildman–Crippen LogP) is 3.62. The van der Waals surface area contributed by atoms with Gasteiger partial charge in [0.1, 0.15) is 5.75 Å². The molecular formula is C21H37IN4O2. The number of nitrogens with zero attached hydrogens (tertiary/aromatic N) is 1. The fourth-order valence-electron chi connectivity index (χ4n) is 2.27. The molecule has 0 saturated carbocycles. The van der Waals surface area contributed by atoms with E-state index in [-0.39, 0.29) is 35.3 Å². The molecule has 28 heavy (non-hydrogen) atoms. The maximum Gasteiger partial charge on any atom is 0.225 e. The Hall–Kier alpha value is -1.51. The minimum absolute atomic E-state index is 0. The molecule has 1 amide bonds. The topological polar surface area (TPSA) is 74.8 Å². The summed E-state index contributed by atoms with van der Waals surface area (Å²) in [5.41, 5.74) is 1.86. The maximum atomic E-state index is 11.9. The van der Waals surface area contributed by atoms with Crippen molar-refractivity contribution < 1.29 is 9.53 Å². The van der Waals surface area contributed by atoms with Crippen molar-refractivity contribution in [1.29, 1.82) is 0 Å². The zero-order valence-electron chi connectivity index (χ0n) is 18.1. The Kier molecular flexibility index (Phi) is 12.9. The van der Waals surface area contributed by atoms with Crippen LogP contribution in [-0.4, -0.2) is 38.1 Å². The molecule has 1 aromatic carbocycles. The fraction of sp³-hybridized carbons (Fsp3) is 0.619. The Morgan fingerprint density at radius 3 is 2.39 bits per heavy atom. The van der Waals surface area contributed by atoms with E-state index in [9.17, 15) is 4.79 Å². The quantitative estimate of drug-likeness (QED) is 0.208. The number of hydrogen-bond donors (Lipinski definition) is 3. The fourth-order valence-corrected chi connectivity index (χ4v) is 2.27. The van der Waals surface area contributed by atoms with Crippen LogP contribution in [0.3, 0.4) is 0 Å². The van der Waals surface area contributed by atoms with Gasteiger partial charge in [-0.05, 0) is 31.9 Å². The van der Waals surface area contributed by atoms with Gasteiger partial charge in [0.15, 0.2) is 5.96 Å². The van der Waals surface area contributed by atoms with E-state index in [1.807, 2.05) is 27.7 Å². The van der Waals surface area contributed by atoms with Crippen LogP contribution in [0.5, 0.6) is 5.75 Å². The standard InChI is InChI=1S/C21H36N4O2.HI/c1-7-13-27-18-14-16(3)9-10-17(18)15-25-20(22-8-2)24-12-11-23-19(26)21(4,5)6;/h9-10,14H,7-8,11-13,15H2,1-6H3,(H,23,26)(H2,22,24,25);1H. The van der Waals surface area contributed by atoms with Crippen molar-refractivity contribution in [2.45, 2.75) is 54.5 Å². The highest BCUT2D eigenvalue weighted by atomic mass is 127. The summed E-state index contributed by atoms with van der Waals surface area (Å²) >= 11 is 0. The van der Waals surface area contributed by atoms with Crippen LogP contribution in [0.15, 0.2) is 23.2 Å². The summed E-state index contributed by atoms with van der Waals surface area (Å²) in [6, 6.07) is 6.20. The van der Waals surface area contributed by atoms with Gasteiger partial charge in [-0.25, -0.2) is 4.99 Å². The molecule has 0 spiro atoms. The average molecular weight is 504 g/mol. The molecule has 0 aliphatic carbocycles. The second-order valence-corrected chi connectivity index (χ2v) is 7.59. The third-order valence-electron chi connectivity index (χ3n) is 3.82. The average Bonchev–Trinajstić information content (AvgIpc) is 2.61. The first-order valence-corrected chi connectivity index (χ1v) is 9.80. The van der Waals surface area contributed by atoms with Crippen LogP contribution in [0.2, 0.25) is 0 Å². The third-order valence-corrected chi connectivity index (χ3v) is 3.82. The van der Waals surface area contributed by atoms with Gasteiger partial charge in [-0.1, -0.05) is 39.8 Å². The Balaban J connectivity index is 0.00000729. The summed E-state index contributed by atoms with van der Waals surface area (Å²) in [7, 11) is 0. The third kappa shape index (κ3) is 10.1. The highest BCUT2D eigenvalue weighted by molar-refractivity contribution is 14.0. The van der Waals surface area contributed by atoms with Gasteiger partial charge >= 0.3 is 0 Å². The van der Waals surface area contributed by atoms with Gasteiger partial charge in [-0.2, -0.15) is 0 Å². The number of nitrogens with one attached hydrogen (secondary N) is 3. The number of aliphatic imine (C=N–C) groups is 1. The number of amides is 1. The molecule has 0 fully saturated rings. The highest BCUT2D eigenvalue weighted by Crippen LogP contribution is 2.21. The predicted molar refractivity (Wildman–Crippen MR) is 128 cm³/mol. The van der Waals surface area contributed by atoms with Crippen LogP contribution < -0.4 is 20.7 Å². The van der Waals surface area contributed by atoms with Gasteiger partial charge in [0.25, 0.3) is 0 Å². The summed E-state index contributed by atoms with van der Waals surface area (Å²) in [5, 5.41) is 9.41. The van der Waals surface area contributed by atoms with Gasteiger partial charge in [0.05, 0.1) is 13.2 Å². The molecule has 6 nitrogen and oxygen atoms in total. The molecule has 0 saturated heterocycles. The molecule has 0 atom stereocenters. The van der Waals surface area contributed by atoms with Crippen molar-refractivity contribution >= 4 is 35.8 Å². The highest BCUT2D eigenvalue weighted by Gasteiger charge is 2.20. The molecule has 7 heteroatoms. The maximum absolute atomic E-state index is 11.9. The van der Waals surface area contributed by atoms with Gasteiger partial charge in [-0.15, -0.1) is 24.0 Å². The first-order chi connectivity index (χ1) is 12.8. The Bertz CT molecular complexity index is 627. The Labute approximate surface area is 187 Å². The monoisotopic (exact) mass is 504 g/mol. The number of rotatable bonds is 9. The van der Waals surface area contributed by atoms with E-state index in [1.165, 1.54) is 5.56 Å². The minimum atomic E-state index is -0.376. The molecule has 160 valence electrons. The lowest BCUT2D eigenvalue weighted by Gasteiger charge is -2.18. The number of carbonyl (C=O) groups is 1. The van der Waals surface area contributed by atoms with E-state index in [4.69, 9.17) is 4.74 Å². The number of halogens is 1. The molecular weight excluding hydrogens is 467 g/mol. The number of carbonyl (C=O) groups excluding carboxylic acids is 1. The number of guanidine groups is 1. The first-order valence-electron chi connectivity index (χ1n) is 9.80. The summed E-state index contributed by atoms with van der Waals surface area (Å²) in [5.74, 6) is 1.67. The van der Waals surface area contributed by atoms with Crippen molar-refractivity contribution in [2.75, 3.05) is 26.2 Å². The summed E-state index contributed by atoms with van der Waals surface area (Å²) < 4.78 is 5.86. The van der Waals surface area contributed by atoms with Crippen molar-refractivity contribution in [3.63, 3.8) is 0 Å². The Morgan fingerprint density at radius 1 is 1.11 bits per heavy atom. The number of aryl methyl sites for hydroxylation is 1. The van der Waals surface area contributed by atoms with E-state index in [1.54, 1.807) is 0 Å². The number of benzene rings is 1. The van der Waals surface area contributed by atoms with Crippen molar-refractivity contribution in [2.24, 2.45) is 10.4 Å². The largest absolute Gasteiger partial charge is 0.493 e. The summed E-state index contributed by atoms with van der Waals surface area (Å²) in [6.07, 6.45) is 0.973. The van der Waals surface area contributed by atoms with Crippen LogP contribution in [-0.2, 0) is 11.3 Å². The molecule has 0 radical (unpaired) electrons. The number of ether oxygens (including phenoxy) is 1. The van der Waals surface area contributed by atoms with Crippen molar-refractivity contribution in [1.82, 2.24) is 16.0 Å². The molecule has 0 aromatic heterocycles. The molecule has 1 aromatic rings. The lowest BCUT2D eigenvalue weighted by molar-refractivity contribution is -0.128. The lowest BCUT2D eigenvalue weighted by atomic mass is 9.96. The molecule has 1 rings (SSSR count). The zero-order chi connectivity index (χ0) is 20.3. The van der Waals surface area contributed by atoms with E-state index < -0.39 is 0 Å². The normalized spacial score (nSPS) is 11.4. The van der Waals surface area contributed by atoms with Crippen molar-refractivity contribution in [3.8, 4) is 5.75 Å². The van der Waals surface area contributed by atoms with Gasteiger partial charge in [0.2, 0.25) is 5.91 Å². The minimum Gasteiger partial charge on any atom is -0.493 e. The van der Waals surface area contributed by atoms with Gasteiger partial charge in [0, 0.05) is 30.6 Å². The smallest absolute Gasteiger partial charge is 0.225 e. The first kappa shape index (κ1) is 26.5. The van der Waals surface area contributed by atoms with Crippen LogP contribution >= 0.6 is 24.0 Å². The van der Waals surface area contributed by atoms with Crippen LogP contribution in [0.4, 0.5) is 0 Å². The number of hydrogen-bond acceptors (Lipinski definition) is 3. The van der Waals surface area contributed by atoms with Crippen LogP contribution in [0.25, 0.3) is 0 Å². The van der Waals surface area contributed by atoms with Gasteiger partial charge < -0.3 is 20.7 Å². The van der Waals surface area contributed by atoms with Gasteiger partial charge in [-0.3, -0.25) is 4.79 Å². The van der Waals surface area contributed by atoms with E-state index in [0.29, 0.717) is 26.2 Å². The SMILES string of the molecule is CCCOc1cc(C)ccc1CN=C(NCC)NCCNC(=O)C(C)(C)C.I. The van der Waals surface area contributed by atoms with Crippen LogP contribution in [0, 0.1) is 12.3 Å². The van der Waals surface area contributed by atoms with Crippen LogP contribution in [0.1, 0.15) is 52.2 Å². The van der Waals surface area contributed by atoms with E-state index in [2.05, 4.69) is 53.0 Å². The molecule has 0 unspecified atom stereocenters. The zero-order valence-corrected chi connectivity index (χ0v) is 20.5. The van der Waals surface area contributed by atoms with E-state index >= 15 is 0 Å². The molecule has 0 aliphatic rings. The second-order valence-electron chi connectivity index (χ2n) is 7.59. The Morgan fingerprint density at radius 2 is 1.79 bits per heavy atom.